The van der Waals surface area contributed by atoms with E-state index in [0.717, 1.165) is 38.7 Å². The summed E-state index contributed by atoms with van der Waals surface area (Å²) in [7, 11) is 3.30. The van der Waals surface area contributed by atoms with Crippen molar-refractivity contribution in [1.82, 2.24) is 0 Å². The Balaban J connectivity index is 2.57. The zero-order chi connectivity index (χ0) is 13.4. The summed E-state index contributed by atoms with van der Waals surface area (Å²) < 4.78 is 10.9. The van der Waals surface area contributed by atoms with Crippen LogP contribution < -0.4 is 15.2 Å². The summed E-state index contributed by atoms with van der Waals surface area (Å²) in [5, 5.41) is 4.19. The van der Waals surface area contributed by atoms with Gasteiger partial charge >= 0.3 is 0 Å². The highest BCUT2D eigenvalue weighted by molar-refractivity contribution is 6.15. The number of nitrogen functional groups attached to an aromatic ring is 1. The van der Waals surface area contributed by atoms with Crippen LogP contribution in [0.15, 0.2) is 42.5 Å². The molecule has 2 N–H and O–H groups in total. The molecule has 0 unspecified atom stereocenters. The number of ether oxygens (including phenoxy) is 2. The van der Waals surface area contributed by atoms with E-state index in [1.54, 1.807) is 14.2 Å². The number of anilines is 1. The van der Waals surface area contributed by atoms with Gasteiger partial charge in [0.25, 0.3) is 0 Å². The van der Waals surface area contributed by atoms with E-state index in [4.69, 9.17) is 15.2 Å². The number of methoxy groups -OCH3 is 2. The zero-order valence-corrected chi connectivity index (χ0v) is 10.9. The Morgan fingerprint density at radius 1 is 0.895 bits per heavy atom. The molecule has 3 rings (SSSR count). The van der Waals surface area contributed by atoms with Gasteiger partial charge in [-0.1, -0.05) is 30.3 Å². The van der Waals surface area contributed by atoms with E-state index < -0.39 is 0 Å². The Morgan fingerprint density at radius 2 is 1.63 bits per heavy atom. The third-order valence-corrected chi connectivity index (χ3v) is 3.40. The molecule has 0 aliphatic rings. The smallest absolute Gasteiger partial charge is 0.169 e. The van der Waals surface area contributed by atoms with Crippen LogP contribution in [0, 0.1) is 0 Å². The lowest BCUT2D eigenvalue weighted by Crippen LogP contribution is -1.94. The van der Waals surface area contributed by atoms with Gasteiger partial charge in [-0.2, -0.15) is 0 Å². The molecular weight excluding hydrogens is 238 g/mol. The first kappa shape index (κ1) is 11.7. The van der Waals surface area contributed by atoms with Gasteiger partial charge < -0.3 is 15.2 Å². The third kappa shape index (κ3) is 1.66. The molecule has 0 amide bonds. The summed E-state index contributed by atoms with van der Waals surface area (Å²) >= 11 is 0. The van der Waals surface area contributed by atoms with Crippen LogP contribution >= 0.6 is 0 Å². The fourth-order valence-electron chi connectivity index (χ4n) is 2.54. The van der Waals surface area contributed by atoms with Gasteiger partial charge in [0, 0.05) is 16.5 Å². The molecule has 0 saturated carbocycles. The number of hydrogen-bond donors (Lipinski definition) is 1. The van der Waals surface area contributed by atoms with E-state index in [0.29, 0.717) is 0 Å². The molecule has 3 aromatic rings. The maximum atomic E-state index is 6.11. The Bertz CT molecular complexity index is 765. The van der Waals surface area contributed by atoms with Gasteiger partial charge in [-0.05, 0) is 22.9 Å². The van der Waals surface area contributed by atoms with E-state index >= 15 is 0 Å². The van der Waals surface area contributed by atoms with Gasteiger partial charge in [0.15, 0.2) is 11.5 Å². The number of benzene rings is 3. The zero-order valence-electron chi connectivity index (χ0n) is 10.9. The molecule has 0 fully saturated rings. The van der Waals surface area contributed by atoms with E-state index in [1.165, 1.54) is 0 Å². The fourth-order valence-corrected chi connectivity index (χ4v) is 2.54. The molecule has 3 heteroatoms. The van der Waals surface area contributed by atoms with Gasteiger partial charge in [-0.25, -0.2) is 0 Å². The van der Waals surface area contributed by atoms with Crippen LogP contribution in [-0.4, -0.2) is 14.2 Å². The Morgan fingerprint density at radius 3 is 2.32 bits per heavy atom. The highest BCUT2D eigenvalue weighted by Gasteiger charge is 2.13. The lowest BCUT2D eigenvalue weighted by molar-refractivity contribution is 0.359. The van der Waals surface area contributed by atoms with Gasteiger partial charge in [-0.3, -0.25) is 0 Å². The minimum absolute atomic E-state index is 0.727. The molecule has 0 bridgehead atoms. The Kier molecular flexibility index (Phi) is 2.67. The normalized spacial score (nSPS) is 10.8. The summed E-state index contributed by atoms with van der Waals surface area (Å²) in [6, 6.07) is 13.9. The first-order valence-corrected chi connectivity index (χ1v) is 6.08. The summed E-state index contributed by atoms with van der Waals surface area (Å²) in [5.41, 5.74) is 6.89. The summed E-state index contributed by atoms with van der Waals surface area (Å²) in [6.07, 6.45) is 0. The molecule has 0 radical (unpaired) electrons. The second-order valence-electron chi connectivity index (χ2n) is 4.41. The quantitative estimate of drug-likeness (QED) is 0.560. The van der Waals surface area contributed by atoms with Crippen LogP contribution in [0.1, 0.15) is 0 Å². The fraction of sp³-hybridized carbons (Fsp3) is 0.125. The minimum Gasteiger partial charge on any atom is -0.493 e. The lowest BCUT2D eigenvalue weighted by atomic mass is 9.99. The van der Waals surface area contributed by atoms with Crippen LogP contribution in [0.3, 0.4) is 0 Å². The van der Waals surface area contributed by atoms with Gasteiger partial charge in [0.1, 0.15) is 0 Å². The topological polar surface area (TPSA) is 44.5 Å². The molecule has 0 heterocycles. The number of rotatable bonds is 2. The van der Waals surface area contributed by atoms with Crippen molar-refractivity contribution in [3.05, 3.63) is 42.5 Å². The van der Waals surface area contributed by atoms with Crippen LogP contribution in [0.5, 0.6) is 11.5 Å². The number of fused-ring (bicyclic) bond motifs is 3. The minimum atomic E-state index is 0.727. The molecule has 3 nitrogen and oxygen atoms in total. The standard InChI is InChI=1S/C16H15NO2/c1-18-14-8-7-10-9-13(17)11-5-3-4-6-12(11)15(10)16(14)19-2/h3-9H,17H2,1-2H3. The van der Waals surface area contributed by atoms with Crippen molar-refractivity contribution < 1.29 is 9.47 Å². The molecule has 0 aromatic heterocycles. The lowest BCUT2D eigenvalue weighted by Gasteiger charge is -2.14. The largest absolute Gasteiger partial charge is 0.493 e. The van der Waals surface area contributed by atoms with Crippen LogP contribution in [0.4, 0.5) is 5.69 Å². The number of hydrogen-bond acceptors (Lipinski definition) is 3. The molecular formula is C16H15NO2. The molecule has 3 aromatic carbocycles. The maximum Gasteiger partial charge on any atom is 0.169 e. The van der Waals surface area contributed by atoms with Crippen molar-refractivity contribution in [1.29, 1.82) is 0 Å². The molecule has 19 heavy (non-hydrogen) atoms. The summed E-state index contributed by atoms with van der Waals surface area (Å²) in [4.78, 5) is 0. The molecule has 0 aliphatic carbocycles. The SMILES string of the molecule is COc1ccc2cc(N)c3ccccc3c2c1OC. The molecule has 0 saturated heterocycles. The molecule has 0 atom stereocenters. The van der Waals surface area contributed by atoms with Crippen molar-refractivity contribution in [2.45, 2.75) is 0 Å². The predicted molar refractivity (Wildman–Crippen MR) is 79.0 cm³/mol. The highest BCUT2D eigenvalue weighted by Crippen LogP contribution is 2.41. The summed E-state index contributed by atoms with van der Waals surface area (Å²) in [5.74, 6) is 1.47. The van der Waals surface area contributed by atoms with Crippen molar-refractivity contribution in [3.63, 3.8) is 0 Å². The third-order valence-electron chi connectivity index (χ3n) is 3.40. The van der Waals surface area contributed by atoms with Crippen LogP contribution in [0.25, 0.3) is 21.5 Å². The maximum absolute atomic E-state index is 6.11. The second-order valence-corrected chi connectivity index (χ2v) is 4.41. The van der Waals surface area contributed by atoms with E-state index in [9.17, 15) is 0 Å². The van der Waals surface area contributed by atoms with Gasteiger partial charge in [0.05, 0.1) is 14.2 Å². The van der Waals surface area contributed by atoms with Gasteiger partial charge in [0.2, 0.25) is 0 Å². The first-order valence-electron chi connectivity index (χ1n) is 6.08. The number of nitrogens with two attached hydrogens (primary N) is 1. The monoisotopic (exact) mass is 253 g/mol. The highest BCUT2D eigenvalue weighted by atomic mass is 16.5. The van der Waals surface area contributed by atoms with Crippen molar-refractivity contribution >= 4 is 27.2 Å². The van der Waals surface area contributed by atoms with Crippen molar-refractivity contribution in [2.24, 2.45) is 0 Å². The molecule has 0 aliphatic heterocycles. The Hall–Kier alpha value is -2.42. The van der Waals surface area contributed by atoms with Gasteiger partial charge in [-0.15, -0.1) is 0 Å². The predicted octanol–water partition coefficient (Wildman–Crippen LogP) is 3.59. The van der Waals surface area contributed by atoms with Crippen molar-refractivity contribution in [3.8, 4) is 11.5 Å². The second kappa shape index (κ2) is 4.35. The average molecular weight is 253 g/mol. The average Bonchev–Trinajstić information content (AvgIpc) is 2.46. The Labute approximate surface area is 111 Å². The first-order chi connectivity index (χ1) is 9.26. The molecule has 96 valence electrons. The van der Waals surface area contributed by atoms with E-state index in [2.05, 4.69) is 6.07 Å². The molecule has 0 spiro atoms. The van der Waals surface area contributed by atoms with Crippen LogP contribution in [-0.2, 0) is 0 Å². The van der Waals surface area contributed by atoms with E-state index in [1.807, 2.05) is 36.4 Å². The van der Waals surface area contributed by atoms with E-state index in [-0.39, 0.29) is 0 Å². The van der Waals surface area contributed by atoms with Crippen LogP contribution in [0.2, 0.25) is 0 Å². The summed E-state index contributed by atoms with van der Waals surface area (Å²) in [6.45, 7) is 0. The van der Waals surface area contributed by atoms with Crippen molar-refractivity contribution in [2.75, 3.05) is 20.0 Å².